The summed E-state index contributed by atoms with van der Waals surface area (Å²) < 4.78 is 18.9. The fourth-order valence-corrected chi connectivity index (χ4v) is 3.70. The normalized spacial score (nSPS) is 22.4. The van der Waals surface area contributed by atoms with E-state index in [9.17, 15) is 5.26 Å². The maximum Gasteiger partial charge on any atom is 0.215 e. The zero-order valence-electron chi connectivity index (χ0n) is 14.4. The third kappa shape index (κ3) is 3.58. The first-order chi connectivity index (χ1) is 13.2. The molecule has 2 aromatic heterocycles. The van der Waals surface area contributed by atoms with E-state index in [0.717, 1.165) is 17.0 Å². The minimum Gasteiger partial charge on any atom is -0.450 e. The smallest absolute Gasteiger partial charge is 0.215 e. The Bertz CT molecular complexity index is 974. The van der Waals surface area contributed by atoms with Gasteiger partial charge in [-0.15, -0.1) is 0 Å². The van der Waals surface area contributed by atoms with Crippen LogP contribution < -0.4 is 10.3 Å². The van der Waals surface area contributed by atoms with Gasteiger partial charge in [0.2, 0.25) is 9.03 Å². The van der Waals surface area contributed by atoms with Crippen molar-refractivity contribution in [1.29, 1.82) is 5.26 Å². The van der Waals surface area contributed by atoms with Gasteiger partial charge < -0.3 is 19.5 Å². The molecule has 0 amide bonds. The molecule has 27 heavy (non-hydrogen) atoms. The molecule has 1 fully saturated rings. The van der Waals surface area contributed by atoms with Gasteiger partial charge in [0.1, 0.15) is 29.8 Å². The summed E-state index contributed by atoms with van der Waals surface area (Å²) in [6, 6.07) is 15.4. The maximum absolute atomic E-state index is 9.66. The van der Waals surface area contributed by atoms with Gasteiger partial charge in [-0.3, -0.25) is 0 Å². The Kier molecular flexibility index (Phi) is 4.90. The highest BCUT2D eigenvalue weighted by Crippen LogP contribution is 2.41. The molecule has 1 saturated heterocycles. The Labute approximate surface area is 157 Å². The van der Waals surface area contributed by atoms with Gasteiger partial charge in [-0.1, -0.05) is 18.2 Å². The molecule has 0 aliphatic carbocycles. The Morgan fingerprint density at radius 1 is 1.33 bits per heavy atom. The summed E-state index contributed by atoms with van der Waals surface area (Å²) >= 11 is 0. The molecule has 3 heterocycles. The van der Waals surface area contributed by atoms with E-state index in [1.165, 1.54) is 6.33 Å². The number of hydrogen-bond acceptors (Lipinski definition) is 7. The molecule has 9 heteroatoms. The molecule has 0 radical (unpaired) electrons. The van der Waals surface area contributed by atoms with Crippen LogP contribution in [0.15, 0.2) is 48.8 Å². The molecule has 3 atom stereocenters. The van der Waals surface area contributed by atoms with Crippen LogP contribution in [0.3, 0.4) is 0 Å². The number of hydrogen-bond donors (Lipinski definition) is 1. The van der Waals surface area contributed by atoms with Crippen molar-refractivity contribution in [2.45, 2.75) is 24.5 Å². The van der Waals surface area contributed by atoms with Gasteiger partial charge in [-0.2, -0.15) is 10.4 Å². The largest absolute Gasteiger partial charge is 0.450 e. The molecule has 1 aliphatic rings. The Morgan fingerprint density at radius 2 is 2.19 bits per heavy atom. The second-order valence-electron chi connectivity index (χ2n) is 6.24. The molecule has 1 aromatic carbocycles. The molecule has 138 valence electrons. The van der Waals surface area contributed by atoms with E-state index in [-0.39, 0.29) is 21.7 Å². The molecule has 0 bridgehead atoms. The summed E-state index contributed by atoms with van der Waals surface area (Å²) in [6.45, 7) is 0.145. The standard InChI is InChI=1S/C18H18N5O3P/c19-10-18(11-24-27-26-13-4-2-1-3-5-13)9-8-16(25-18)14-6-7-15-17(20)21-12-22-23(14)15/h1-7,12,16,27H,8-9,11H2,(H2,20,21,22). The van der Waals surface area contributed by atoms with E-state index in [1.807, 2.05) is 42.5 Å². The predicted octanol–water partition coefficient (Wildman–Crippen LogP) is 3.03. The summed E-state index contributed by atoms with van der Waals surface area (Å²) in [7, 11) is -0.206. The topological polar surface area (TPSA) is 108 Å². The van der Waals surface area contributed by atoms with Crippen molar-refractivity contribution < 1.29 is 13.8 Å². The minimum absolute atomic E-state index is 0.145. The number of nitriles is 1. The van der Waals surface area contributed by atoms with Crippen LogP contribution in [0, 0.1) is 11.3 Å². The van der Waals surface area contributed by atoms with Gasteiger partial charge in [0.15, 0.2) is 11.4 Å². The molecular formula is C18H18N5O3P. The van der Waals surface area contributed by atoms with Gasteiger partial charge in [0.25, 0.3) is 0 Å². The summed E-state index contributed by atoms with van der Waals surface area (Å²) in [5, 5.41) is 13.9. The van der Waals surface area contributed by atoms with Crippen LogP contribution in [-0.2, 0) is 9.26 Å². The highest BCUT2D eigenvalue weighted by Gasteiger charge is 2.42. The summed E-state index contributed by atoms with van der Waals surface area (Å²) in [5.41, 5.74) is 6.45. The number of rotatable bonds is 6. The SMILES string of the molecule is N#CC1(COPOc2ccccc2)CCC(c2ccc3c(N)ncnn23)O1. The molecule has 0 saturated carbocycles. The number of benzene rings is 1. The van der Waals surface area contributed by atoms with E-state index in [4.69, 9.17) is 19.5 Å². The van der Waals surface area contributed by atoms with Gasteiger partial charge in [0.05, 0.1) is 12.3 Å². The first kappa shape index (κ1) is 17.7. The number of ether oxygens (including phenoxy) is 1. The zero-order chi connectivity index (χ0) is 18.7. The summed E-state index contributed by atoms with van der Waals surface area (Å²) in [4.78, 5) is 3.99. The van der Waals surface area contributed by atoms with E-state index < -0.39 is 5.60 Å². The lowest BCUT2D eigenvalue weighted by Crippen LogP contribution is -2.31. The fourth-order valence-electron chi connectivity index (χ4n) is 3.11. The van der Waals surface area contributed by atoms with Crippen LogP contribution in [0.5, 0.6) is 5.75 Å². The zero-order valence-corrected chi connectivity index (χ0v) is 15.4. The lowest BCUT2D eigenvalue weighted by molar-refractivity contribution is -0.0310. The number of aromatic nitrogens is 3. The van der Waals surface area contributed by atoms with Crippen LogP contribution in [-0.4, -0.2) is 26.8 Å². The van der Waals surface area contributed by atoms with Crippen molar-refractivity contribution in [3.63, 3.8) is 0 Å². The van der Waals surface area contributed by atoms with Gasteiger partial charge in [0, 0.05) is 0 Å². The van der Waals surface area contributed by atoms with Crippen LogP contribution in [0.4, 0.5) is 5.82 Å². The van der Waals surface area contributed by atoms with E-state index in [2.05, 4.69) is 16.2 Å². The number of nitrogens with two attached hydrogens (primary N) is 1. The molecule has 1 aliphatic heterocycles. The van der Waals surface area contributed by atoms with Crippen molar-refractivity contribution in [2.75, 3.05) is 12.3 Å². The van der Waals surface area contributed by atoms with Gasteiger partial charge >= 0.3 is 0 Å². The first-order valence-electron chi connectivity index (χ1n) is 8.47. The van der Waals surface area contributed by atoms with Crippen LogP contribution in [0.1, 0.15) is 24.6 Å². The van der Waals surface area contributed by atoms with Crippen LogP contribution in [0.25, 0.3) is 5.52 Å². The van der Waals surface area contributed by atoms with Crippen molar-refractivity contribution in [3.8, 4) is 11.8 Å². The fraction of sp³-hybridized carbons (Fsp3) is 0.278. The molecule has 4 rings (SSSR count). The monoisotopic (exact) mass is 383 g/mol. The number of nitrogens with zero attached hydrogens (tertiary/aromatic N) is 4. The van der Waals surface area contributed by atoms with Crippen molar-refractivity contribution in [2.24, 2.45) is 0 Å². The van der Waals surface area contributed by atoms with Crippen molar-refractivity contribution >= 4 is 20.4 Å². The van der Waals surface area contributed by atoms with E-state index in [1.54, 1.807) is 4.52 Å². The predicted molar refractivity (Wildman–Crippen MR) is 100 cm³/mol. The second-order valence-corrected chi connectivity index (χ2v) is 6.90. The third-order valence-corrected chi connectivity index (χ3v) is 5.07. The highest BCUT2D eigenvalue weighted by atomic mass is 31.1. The molecule has 3 aromatic rings. The van der Waals surface area contributed by atoms with Crippen molar-refractivity contribution in [1.82, 2.24) is 14.6 Å². The van der Waals surface area contributed by atoms with Gasteiger partial charge in [-0.25, -0.2) is 9.50 Å². The third-order valence-electron chi connectivity index (χ3n) is 4.49. The van der Waals surface area contributed by atoms with E-state index >= 15 is 0 Å². The minimum atomic E-state index is -1.000. The number of nitrogen functional groups attached to an aromatic ring is 1. The average molecular weight is 383 g/mol. The van der Waals surface area contributed by atoms with Crippen LogP contribution >= 0.6 is 9.03 Å². The Morgan fingerprint density at radius 3 is 3.00 bits per heavy atom. The number of para-hydroxylation sites is 1. The Balaban J connectivity index is 1.40. The van der Waals surface area contributed by atoms with Gasteiger partial charge in [-0.05, 0) is 37.1 Å². The van der Waals surface area contributed by atoms with E-state index in [0.29, 0.717) is 18.7 Å². The summed E-state index contributed by atoms with van der Waals surface area (Å²) in [5.74, 6) is 1.13. The van der Waals surface area contributed by atoms with Crippen molar-refractivity contribution in [3.05, 3.63) is 54.5 Å². The highest BCUT2D eigenvalue weighted by molar-refractivity contribution is 7.26. The quantitative estimate of drug-likeness (QED) is 0.515. The molecule has 3 unspecified atom stereocenters. The lowest BCUT2D eigenvalue weighted by Gasteiger charge is -2.21. The molecular weight excluding hydrogens is 365 g/mol. The number of anilines is 1. The average Bonchev–Trinajstić information content (AvgIpc) is 3.32. The first-order valence-corrected chi connectivity index (χ1v) is 9.28. The maximum atomic E-state index is 9.66. The van der Waals surface area contributed by atoms with Crippen LogP contribution in [0.2, 0.25) is 0 Å². The second kappa shape index (κ2) is 7.49. The Hall–Kier alpha value is -2.72. The molecule has 0 spiro atoms. The lowest BCUT2D eigenvalue weighted by atomic mass is 10.0. The number of fused-ring (bicyclic) bond motifs is 1. The summed E-state index contributed by atoms with van der Waals surface area (Å²) in [6.07, 6.45) is 2.40. The molecule has 8 nitrogen and oxygen atoms in total. The molecule has 2 N–H and O–H groups in total.